The van der Waals surface area contributed by atoms with Gasteiger partial charge in [0.1, 0.15) is 0 Å². The van der Waals surface area contributed by atoms with Crippen LogP contribution in [0.5, 0.6) is 0 Å². The molecule has 6 heteroatoms. The van der Waals surface area contributed by atoms with Crippen LogP contribution >= 0.6 is 47.2 Å². The maximum absolute atomic E-state index is 12.6. The Labute approximate surface area is 147 Å². The minimum atomic E-state index is -0.155. The zero-order chi connectivity index (χ0) is 15.7. The van der Waals surface area contributed by atoms with Crippen molar-refractivity contribution in [1.29, 1.82) is 0 Å². The van der Waals surface area contributed by atoms with E-state index in [2.05, 4.69) is 0 Å². The lowest BCUT2D eigenvalue weighted by atomic mass is 10.2. The van der Waals surface area contributed by atoms with Crippen LogP contribution in [0, 0.1) is 0 Å². The molecule has 22 heavy (non-hydrogen) atoms. The molecule has 0 unspecified atom stereocenters. The third-order valence-corrected chi connectivity index (χ3v) is 4.97. The Kier molecular flexibility index (Phi) is 4.54. The van der Waals surface area contributed by atoms with Crippen LogP contribution < -0.4 is 4.90 Å². The summed E-state index contributed by atoms with van der Waals surface area (Å²) in [6.45, 7) is 0. The fraction of sp³-hybridized carbons (Fsp3) is 0. The Morgan fingerprint density at radius 1 is 1.05 bits per heavy atom. The normalized spacial score (nSPS) is 16.6. The molecule has 1 saturated heterocycles. The molecule has 0 aromatic heterocycles. The van der Waals surface area contributed by atoms with E-state index in [0.717, 1.165) is 5.56 Å². The highest BCUT2D eigenvalue weighted by molar-refractivity contribution is 8.27. The van der Waals surface area contributed by atoms with Gasteiger partial charge >= 0.3 is 0 Å². The molecule has 0 saturated carbocycles. The fourth-order valence-corrected chi connectivity index (χ4v) is 3.62. The second-order valence-corrected chi connectivity index (χ2v) is 7.03. The first kappa shape index (κ1) is 15.6. The maximum atomic E-state index is 12.6. The van der Waals surface area contributed by atoms with Crippen LogP contribution in [0.2, 0.25) is 10.0 Å². The number of thiocarbonyl (C=S) groups is 1. The van der Waals surface area contributed by atoms with E-state index < -0.39 is 0 Å². The van der Waals surface area contributed by atoms with Gasteiger partial charge in [0.2, 0.25) is 0 Å². The summed E-state index contributed by atoms with van der Waals surface area (Å²) in [5.41, 5.74) is 1.50. The summed E-state index contributed by atoms with van der Waals surface area (Å²) in [6, 6.07) is 14.4. The summed E-state index contributed by atoms with van der Waals surface area (Å²) in [5.74, 6) is -0.155. The number of thioether (sulfide) groups is 1. The van der Waals surface area contributed by atoms with Crippen LogP contribution in [0.25, 0.3) is 6.08 Å². The van der Waals surface area contributed by atoms with Crippen LogP contribution in [0.1, 0.15) is 5.56 Å². The Hall–Kier alpha value is -1.33. The van der Waals surface area contributed by atoms with Crippen molar-refractivity contribution >= 4 is 69.2 Å². The average molecular weight is 366 g/mol. The minimum Gasteiger partial charge on any atom is -0.268 e. The highest BCUT2D eigenvalue weighted by atomic mass is 35.5. The standard InChI is InChI=1S/C16H9Cl2NOS2/c17-11-5-7-12(8-6-11)19-15(20)14(22-16(19)21)9-10-3-1-2-4-13(10)18/h1-9H/b14-9+. The molecule has 0 atom stereocenters. The predicted octanol–water partition coefficient (Wildman–Crippen LogP) is 5.40. The predicted molar refractivity (Wildman–Crippen MR) is 98.6 cm³/mol. The quantitative estimate of drug-likeness (QED) is 0.524. The van der Waals surface area contributed by atoms with Gasteiger partial charge in [-0.05, 0) is 42.0 Å². The van der Waals surface area contributed by atoms with E-state index in [9.17, 15) is 4.79 Å². The van der Waals surface area contributed by atoms with Crippen molar-refractivity contribution in [2.75, 3.05) is 4.90 Å². The van der Waals surface area contributed by atoms with Crippen LogP contribution in [-0.4, -0.2) is 10.2 Å². The van der Waals surface area contributed by atoms with E-state index in [4.69, 9.17) is 35.4 Å². The largest absolute Gasteiger partial charge is 0.270 e. The molecule has 0 aliphatic carbocycles. The third kappa shape index (κ3) is 3.06. The van der Waals surface area contributed by atoms with Gasteiger partial charge < -0.3 is 0 Å². The van der Waals surface area contributed by atoms with Gasteiger partial charge in [-0.25, -0.2) is 0 Å². The van der Waals surface area contributed by atoms with E-state index >= 15 is 0 Å². The summed E-state index contributed by atoms with van der Waals surface area (Å²) in [7, 11) is 0. The highest BCUT2D eigenvalue weighted by Gasteiger charge is 2.33. The molecule has 1 aliphatic rings. The summed E-state index contributed by atoms with van der Waals surface area (Å²) in [6.07, 6.45) is 1.76. The lowest BCUT2D eigenvalue weighted by Gasteiger charge is -2.14. The van der Waals surface area contributed by atoms with Crippen molar-refractivity contribution in [2.45, 2.75) is 0 Å². The zero-order valence-corrected chi connectivity index (χ0v) is 14.3. The number of carbonyl (C=O) groups is 1. The first-order valence-electron chi connectivity index (χ1n) is 6.34. The van der Waals surface area contributed by atoms with Crippen molar-refractivity contribution < 1.29 is 4.79 Å². The van der Waals surface area contributed by atoms with E-state index in [0.29, 0.717) is 25.0 Å². The number of hydrogen-bond donors (Lipinski definition) is 0. The molecule has 1 aliphatic heterocycles. The van der Waals surface area contributed by atoms with Gasteiger partial charge in [-0.2, -0.15) is 0 Å². The SMILES string of the molecule is O=C1/C(=C\c2ccccc2Cl)SC(=S)N1c1ccc(Cl)cc1. The molecular weight excluding hydrogens is 357 g/mol. The van der Waals surface area contributed by atoms with Crippen molar-refractivity contribution in [3.8, 4) is 0 Å². The van der Waals surface area contributed by atoms with Crippen molar-refractivity contribution in [1.82, 2.24) is 0 Å². The zero-order valence-electron chi connectivity index (χ0n) is 11.1. The fourth-order valence-electron chi connectivity index (χ4n) is 2.01. The number of halogens is 2. The number of amides is 1. The van der Waals surface area contributed by atoms with Crippen LogP contribution in [-0.2, 0) is 4.79 Å². The van der Waals surface area contributed by atoms with Crippen molar-refractivity contribution in [2.24, 2.45) is 0 Å². The average Bonchev–Trinajstić information content (AvgIpc) is 2.77. The van der Waals surface area contributed by atoms with Crippen LogP contribution in [0.4, 0.5) is 5.69 Å². The van der Waals surface area contributed by atoms with Crippen LogP contribution in [0.3, 0.4) is 0 Å². The molecule has 2 aromatic rings. The smallest absolute Gasteiger partial charge is 0.268 e. The second-order valence-electron chi connectivity index (χ2n) is 4.52. The summed E-state index contributed by atoms with van der Waals surface area (Å²) in [5, 5.41) is 1.21. The molecule has 0 N–H and O–H groups in total. The molecule has 0 radical (unpaired) electrons. The topological polar surface area (TPSA) is 20.3 Å². The van der Waals surface area contributed by atoms with Gasteiger partial charge in [-0.1, -0.05) is 65.4 Å². The van der Waals surface area contributed by atoms with Gasteiger partial charge in [-0.15, -0.1) is 0 Å². The van der Waals surface area contributed by atoms with Crippen molar-refractivity contribution in [3.05, 3.63) is 69.0 Å². The van der Waals surface area contributed by atoms with Gasteiger partial charge in [0.15, 0.2) is 4.32 Å². The van der Waals surface area contributed by atoms with Crippen molar-refractivity contribution in [3.63, 3.8) is 0 Å². The van der Waals surface area contributed by atoms with E-state index in [1.54, 1.807) is 36.4 Å². The third-order valence-electron chi connectivity index (χ3n) is 3.07. The molecule has 0 bridgehead atoms. The van der Waals surface area contributed by atoms with E-state index in [1.165, 1.54) is 16.7 Å². The summed E-state index contributed by atoms with van der Waals surface area (Å²) in [4.78, 5) is 14.6. The van der Waals surface area contributed by atoms with Gasteiger partial charge in [0, 0.05) is 10.0 Å². The number of carbonyl (C=O) groups excluding carboxylic acids is 1. The van der Waals surface area contributed by atoms with Gasteiger partial charge in [0.05, 0.1) is 10.6 Å². The minimum absolute atomic E-state index is 0.155. The maximum Gasteiger partial charge on any atom is 0.270 e. The number of nitrogens with zero attached hydrogens (tertiary/aromatic N) is 1. The number of anilines is 1. The summed E-state index contributed by atoms with van der Waals surface area (Å²) < 4.78 is 0.491. The first-order valence-corrected chi connectivity index (χ1v) is 8.32. The first-order chi connectivity index (χ1) is 10.6. The molecule has 110 valence electrons. The van der Waals surface area contributed by atoms with Crippen LogP contribution in [0.15, 0.2) is 53.4 Å². The number of benzene rings is 2. The van der Waals surface area contributed by atoms with E-state index in [1.807, 2.05) is 18.2 Å². The number of hydrogen-bond acceptors (Lipinski definition) is 3. The monoisotopic (exact) mass is 365 g/mol. The second kappa shape index (κ2) is 6.42. The molecule has 1 amide bonds. The number of rotatable bonds is 2. The summed E-state index contributed by atoms with van der Waals surface area (Å²) >= 11 is 18.6. The highest BCUT2D eigenvalue weighted by Crippen LogP contribution is 2.37. The molecule has 1 heterocycles. The molecule has 2 aromatic carbocycles. The molecule has 2 nitrogen and oxygen atoms in total. The van der Waals surface area contributed by atoms with Gasteiger partial charge in [0.25, 0.3) is 5.91 Å². The Bertz CT molecular complexity index is 787. The molecule has 0 spiro atoms. The Morgan fingerprint density at radius 2 is 1.73 bits per heavy atom. The lowest BCUT2D eigenvalue weighted by Crippen LogP contribution is -2.27. The lowest BCUT2D eigenvalue weighted by molar-refractivity contribution is -0.113. The van der Waals surface area contributed by atoms with E-state index in [-0.39, 0.29) is 5.91 Å². The van der Waals surface area contributed by atoms with Gasteiger partial charge in [-0.3, -0.25) is 9.69 Å². The molecule has 1 fully saturated rings. The Balaban J connectivity index is 1.95. The Morgan fingerprint density at radius 3 is 2.41 bits per heavy atom. The molecular formula is C16H9Cl2NOS2. The molecule has 3 rings (SSSR count).